The molecule has 358 valence electrons. The van der Waals surface area contributed by atoms with E-state index < -0.39 is 146 Å². The van der Waals surface area contributed by atoms with Gasteiger partial charge in [-0.2, -0.15) is 149 Å². The number of allylic oxidation sites excluding steroid dienone is 2. The van der Waals surface area contributed by atoms with Gasteiger partial charge in [-0.05, 0) is 25.7 Å². The van der Waals surface area contributed by atoms with Crippen LogP contribution in [0.1, 0.15) is 25.7 Å². The van der Waals surface area contributed by atoms with E-state index in [2.05, 4.69) is 9.47 Å². The standard InChI is InChI=1S/C24H12F34O2/c25-7(11(29,30)13(33,34)15(37,38)17(41,42)19(45,46)21(49,50)23(53,54)55)9(27)59-5-3-1-2-4-6-60-10(28)8(26)12(31,32)14(35,36)16(39,40)18(43,44)20(47,48)22(51,52)24(56,57)58/h1-6H2. The lowest BCUT2D eigenvalue weighted by molar-refractivity contribution is -0.451. The normalized spacial score (nSPS) is 16.8. The van der Waals surface area contributed by atoms with Gasteiger partial charge in [-0.15, -0.1) is 0 Å². The van der Waals surface area contributed by atoms with E-state index in [4.69, 9.17) is 0 Å². The Kier molecular flexibility index (Phi) is 15.5. The molecule has 0 aliphatic heterocycles. The number of halogens is 34. The summed E-state index contributed by atoms with van der Waals surface area (Å²) in [7, 11) is 0. The van der Waals surface area contributed by atoms with Crippen LogP contribution in [0.3, 0.4) is 0 Å². The topological polar surface area (TPSA) is 18.5 Å². The van der Waals surface area contributed by atoms with E-state index >= 15 is 0 Å². The zero-order valence-corrected chi connectivity index (χ0v) is 26.9. The minimum atomic E-state index is -8.87. The van der Waals surface area contributed by atoms with Crippen LogP contribution >= 0.6 is 0 Å². The Morgan fingerprint density at radius 3 is 0.633 bits per heavy atom. The average molecular weight is 978 g/mol. The van der Waals surface area contributed by atoms with Crippen molar-refractivity contribution in [1.82, 2.24) is 0 Å². The highest BCUT2D eigenvalue weighted by molar-refractivity contribution is 5.21. The van der Waals surface area contributed by atoms with Crippen molar-refractivity contribution in [3.05, 3.63) is 23.7 Å². The summed E-state index contributed by atoms with van der Waals surface area (Å²) in [5.74, 6) is -112. The summed E-state index contributed by atoms with van der Waals surface area (Å²) >= 11 is 0. The molecule has 0 bridgehead atoms. The quantitative estimate of drug-likeness (QED) is 0.0648. The van der Waals surface area contributed by atoms with Gasteiger partial charge in [0.1, 0.15) is 0 Å². The molecule has 36 heteroatoms. The molecule has 0 fully saturated rings. The SMILES string of the molecule is FC(OCCCCCCOC(F)=C(F)C(F)(F)C(F)(F)C(F)(F)C(F)(F)C(F)(F)C(F)(F)C(F)(F)F)=C(F)C(F)(F)C(F)(F)C(F)(F)C(F)(F)C(F)(F)C(F)(F)C(F)(F)F. The largest absolute Gasteiger partial charge is 0.469 e. The summed E-state index contributed by atoms with van der Waals surface area (Å²) in [5.41, 5.74) is 0. The fourth-order valence-electron chi connectivity index (χ4n) is 3.46. The molecule has 0 heterocycles. The smallest absolute Gasteiger partial charge is 0.460 e. The molecule has 0 N–H and O–H groups in total. The average Bonchev–Trinajstić information content (AvgIpc) is 3.06. The third-order valence-corrected chi connectivity index (χ3v) is 7.05. The highest BCUT2D eigenvalue weighted by Crippen LogP contribution is 2.65. The molecule has 0 unspecified atom stereocenters. The molecule has 2 nitrogen and oxygen atoms in total. The van der Waals surface area contributed by atoms with Crippen LogP contribution < -0.4 is 0 Å². The summed E-state index contributed by atoms with van der Waals surface area (Å²) in [6.07, 6.45) is -19.7. The van der Waals surface area contributed by atoms with E-state index in [-0.39, 0.29) is 0 Å². The lowest BCUT2D eigenvalue weighted by atomic mass is 9.91. The van der Waals surface area contributed by atoms with Gasteiger partial charge in [0.2, 0.25) is 11.7 Å². The minimum absolute atomic E-state index is 0.822. The molecule has 60 heavy (non-hydrogen) atoms. The lowest BCUT2D eigenvalue weighted by Gasteiger charge is -2.41. The Bertz CT molecular complexity index is 1430. The van der Waals surface area contributed by atoms with Gasteiger partial charge in [-0.1, -0.05) is 0 Å². The number of alkyl halides is 30. The number of hydrogen-bond donors (Lipinski definition) is 0. The molecule has 0 rings (SSSR count). The van der Waals surface area contributed by atoms with Crippen molar-refractivity contribution in [1.29, 1.82) is 0 Å². The Morgan fingerprint density at radius 2 is 0.433 bits per heavy atom. The van der Waals surface area contributed by atoms with Crippen LogP contribution in [0.25, 0.3) is 0 Å². The van der Waals surface area contributed by atoms with Crippen LogP contribution in [0, 0.1) is 0 Å². The lowest BCUT2D eigenvalue weighted by Crippen LogP contribution is -2.72. The summed E-state index contributed by atoms with van der Waals surface area (Å²) < 4.78 is 455. The van der Waals surface area contributed by atoms with Gasteiger partial charge in [0.15, 0.2) is 0 Å². The number of unbranched alkanes of at least 4 members (excludes halogenated alkanes) is 3. The third-order valence-electron chi connectivity index (χ3n) is 7.05. The van der Waals surface area contributed by atoms with E-state index in [0.29, 0.717) is 0 Å². The van der Waals surface area contributed by atoms with Gasteiger partial charge >= 0.3 is 95.4 Å². The second-order valence-corrected chi connectivity index (χ2v) is 11.2. The van der Waals surface area contributed by atoms with Gasteiger partial charge in [-0.25, -0.2) is 0 Å². The van der Waals surface area contributed by atoms with Crippen molar-refractivity contribution in [2.24, 2.45) is 0 Å². The molecule has 0 atom stereocenters. The fourth-order valence-corrected chi connectivity index (χ4v) is 3.46. The Morgan fingerprint density at radius 1 is 0.250 bits per heavy atom. The molecule has 0 amide bonds. The first-order chi connectivity index (χ1) is 25.9. The van der Waals surface area contributed by atoms with E-state index in [1.165, 1.54) is 0 Å². The fraction of sp³-hybridized carbons (Fsp3) is 0.833. The maximum Gasteiger partial charge on any atom is 0.460 e. The Labute approximate surface area is 306 Å². The maximum atomic E-state index is 13.7. The predicted molar refractivity (Wildman–Crippen MR) is 120 cm³/mol. The minimum Gasteiger partial charge on any atom is -0.469 e. The second-order valence-electron chi connectivity index (χ2n) is 11.2. The van der Waals surface area contributed by atoms with Crippen molar-refractivity contribution in [3.63, 3.8) is 0 Å². The van der Waals surface area contributed by atoms with Gasteiger partial charge < -0.3 is 9.47 Å². The van der Waals surface area contributed by atoms with Gasteiger partial charge in [0.05, 0.1) is 13.2 Å². The highest BCUT2D eigenvalue weighted by atomic mass is 19.4. The summed E-state index contributed by atoms with van der Waals surface area (Å²) in [5, 5.41) is 0. The van der Waals surface area contributed by atoms with Crippen LogP contribution in [-0.2, 0) is 9.47 Å². The van der Waals surface area contributed by atoms with Crippen molar-refractivity contribution >= 4 is 0 Å². The van der Waals surface area contributed by atoms with Crippen LogP contribution in [0.5, 0.6) is 0 Å². The molecule has 0 spiro atoms. The van der Waals surface area contributed by atoms with Crippen molar-refractivity contribution < 1.29 is 159 Å². The third kappa shape index (κ3) is 8.57. The first-order valence-electron chi connectivity index (χ1n) is 13.9. The predicted octanol–water partition coefficient (Wildman–Crippen LogP) is 13.5. The zero-order valence-electron chi connectivity index (χ0n) is 26.9. The molecule has 0 aliphatic carbocycles. The monoisotopic (exact) mass is 978 g/mol. The molecule has 0 saturated heterocycles. The van der Waals surface area contributed by atoms with Crippen molar-refractivity contribution in [3.8, 4) is 0 Å². The molecule has 0 radical (unpaired) electrons. The van der Waals surface area contributed by atoms with Crippen molar-refractivity contribution in [2.75, 3.05) is 13.2 Å². The first-order valence-corrected chi connectivity index (χ1v) is 13.9. The van der Waals surface area contributed by atoms with Crippen LogP contribution in [-0.4, -0.2) is 96.6 Å². The van der Waals surface area contributed by atoms with Crippen LogP contribution in [0.15, 0.2) is 23.7 Å². The highest BCUT2D eigenvalue weighted by Gasteiger charge is 2.95. The van der Waals surface area contributed by atoms with Crippen LogP contribution in [0.2, 0.25) is 0 Å². The van der Waals surface area contributed by atoms with Crippen molar-refractivity contribution in [2.45, 2.75) is 109 Å². The molecule has 0 aromatic rings. The summed E-state index contributed by atoms with van der Waals surface area (Å²) in [6, 6.07) is -7.70. The van der Waals surface area contributed by atoms with E-state index in [1.807, 2.05) is 0 Å². The Balaban J connectivity index is 5.80. The molecular weight excluding hydrogens is 966 g/mol. The summed E-state index contributed by atoms with van der Waals surface area (Å²) in [4.78, 5) is 0. The number of hydrogen-bond acceptors (Lipinski definition) is 2. The maximum absolute atomic E-state index is 13.7. The molecule has 0 aromatic heterocycles. The van der Waals surface area contributed by atoms with Gasteiger partial charge in [-0.3, -0.25) is 0 Å². The molecule has 0 aliphatic rings. The first kappa shape index (κ1) is 56.7. The van der Waals surface area contributed by atoms with Crippen LogP contribution in [0.4, 0.5) is 149 Å². The van der Waals surface area contributed by atoms with E-state index in [0.717, 1.165) is 0 Å². The molecule has 0 aromatic carbocycles. The second kappa shape index (κ2) is 16.4. The number of ether oxygens (including phenoxy) is 2. The van der Waals surface area contributed by atoms with Gasteiger partial charge in [0, 0.05) is 0 Å². The van der Waals surface area contributed by atoms with Gasteiger partial charge in [0.25, 0.3) is 0 Å². The van der Waals surface area contributed by atoms with E-state index in [9.17, 15) is 149 Å². The Hall–Kier alpha value is -3.30. The molecule has 0 saturated carbocycles. The summed E-state index contributed by atoms with van der Waals surface area (Å²) in [6.45, 7) is -3.44. The zero-order chi connectivity index (χ0) is 49.0. The van der Waals surface area contributed by atoms with E-state index in [1.54, 1.807) is 0 Å². The number of rotatable bonds is 21. The molecular formula is C24H12F34O2.